The van der Waals surface area contributed by atoms with E-state index in [1.165, 1.54) is 34.8 Å². The number of carbonyl (C=O) groups excluding carboxylic acids is 1. The number of nitrogens with zero attached hydrogens (tertiary/aromatic N) is 1. The molecule has 0 fully saturated rings. The van der Waals surface area contributed by atoms with Gasteiger partial charge in [-0.2, -0.15) is 0 Å². The van der Waals surface area contributed by atoms with Crippen molar-refractivity contribution in [3.8, 4) is 0 Å². The topological polar surface area (TPSA) is 66.5 Å². The van der Waals surface area contributed by atoms with E-state index in [1.807, 2.05) is 6.92 Å². The fraction of sp³-hybridized carbons (Fsp3) is 0.235. The van der Waals surface area contributed by atoms with Gasteiger partial charge in [-0.05, 0) is 61.4 Å². The van der Waals surface area contributed by atoms with Crippen LogP contribution >= 0.6 is 0 Å². The van der Waals surface area contributed by atoms with E-state index in [0.717, 1.165) is 5.56 Å². The van der Waals surface area contributed by atoms with Crippen molar-refractivity contribution in [3.63, 3.8) is 0 Å². The van der Waals surface area contributed by atoms with Crippen LogP contribution < -0.4 is 9.62 Å². The Bertz CT molecular complexity index is 895. The summed E-state index contributed by atoms with van der Waals surface area (Å²) >= 11 is 0. The van der Waals surface area contributed by atoms with Crippen LogP contribution in [0.25, 0.3) is 0 Å². The molecule has 1 amide bonds. The lowest BCUT2D eigenvalue weighted by atomic mass is 10.1. The molecule has 0 aromatic heterocycles. The van der Waals surface area contributed by atoms with Gasteiger partial charge in [0.2, 0.25) is 10.0 Å². The molecular weight excluding hydrogens is 331 g/mol. The lowest BCUT2D eigenvalue weighted by molar-refractivity contribution is 0.102. The van der Waals surface area contributed by atoms with Gasteiger partial charge < -0.3 is 5.32 Å². The zero-order valence-corrected chi connectivity index (χ0v) is 14.1. The third kappa shape index (κ3) is 3.12. The molecule has 0 spiro atoms. The molecule has 0 aliphatic carbocycles. The summed E-state index contributed by atoms with van der Waals surface area (Å²) in [6, 6.07) is 10.3. The summed E-state index contributed by atoms with van der Waals surface area (Å²) in [6.07, 6.45) is 1.73. The second kappa shape index (κ2) is 5.90. The Hall–Kier alpha value is -2.41. The standard InChI is InChI=1S/C17H17FN2O3S/c1-11-9-13-10-12(3-8-16(13)20(11)24(2,22)23)17(21)19-15-6-4-14(18)5-7-15/h3-8,10-11H,9H2,1-2H3,(H,19,21). The Kier molecular flexibility index (Phi) is 4.04. The smallest absolute Gasteiger partial charge is 0.255 e. The molecule has 1 N–H and O–H groups in total. The number of halogens is 1. The molecule has 1 unspecified atom stereocenters. The van der Waals surface area contributed by atoms with Gasteiger partial charge in [0.15, 0.2) is 0 Å². The molecule has 5 nitrogen and oxygen atoms in total. The number of carbonyl (C=O) groups is 1. The molecule has 3 rings (SSSR count). The quantitative estimate of drug-likeness (QED) is 0.927. The molecule has 1 aliphatic rings. The van der Waals surface area contributed by atoms with E-state index in [9.17, 15) is 17.6 Å². The normalized spacial score (nSPS) is 16.8. The zero-order chi connectivity index (χ0) is 17.5. The van der Waals surface area contributed by atoms with Crippen LogP contribution in [-0.4, -0.2) is 26.6 Å². The summed E-state index contributed by atoms with van der Waals surface area (Å²) in [6.45, 7) is 1.83. The second-order valence-corrected chi connectivity index (χ2v) is 7.78. The number of amides is 1. The molecule has 0 saturated heterocycles. The molecule has 126 valence electrons. The van der Waals surface area contributed by atoms with E-state index >= 15 is 0 Å². The second-order valence-electron chi connectivity index (χ2n) is 5.92. The summed E-state index contributed by atoms with van der Waals surface area (Å²) in [7, 11) is -3.35. The average molecular weight is 348 g/mol. The predicted molar refractivity (Wildman–Crippen MR) is 91.3 cm³/mol. The number of fused-ring (bicyclic) bond motifs is 1. The molecular formula is C17H17FN2O3S. The highest BCUT2D eigenvalue weighted by atomic mass is 32.2. The molecule has 2 aromatic rings. The lowest BCUT2D eigenvalue weighted by Gasteiger charge is -2.21. The van der Waals surface area contributed by atoms with E-state index in [2.05, 4.69) is 5.32 Å². The Morgan fingerprint density at radius 3 is 2.50 bits per heavy atom. The SMILES string of the molecule is CC1Cc2cc(C(=O)Nc3ccc(F)cc3)ccc2N1S(C)(=O)=O. The molecule has 0 radical (unpaired) electrons. The molecule has 7 heteroatoms. The number of nitrogens with one attached hydrogen (secondary N) is 1. The summed E-state index contributed by atoms with van der Waals surface area (Å²) < 4.78 is 38.1. The van der Waals surface area contributed by atoms with Gasteiger partial charge in [0.25, 0.3) is 5.91 Å². The molecule has 1 heterocycles. The van der Waals surface area contributed by atoms with E-state index in [-0.39, 0.29) is 17.8 Å². The van der Waals surface area contributed by atoms with Crippen molar-refractivity contribution in [1.29, 1.82) is 0 Å². The Morgan fingerprint density at radius 2 is 1.88 bits per heavy atom. The van der Waals surface area contributed by atoms with Crippen molar-refractivity contribution in [2.45, 2.75) is 19.4 Å². The van der Waals surface area contributed by atoms with Crippen LogP contribution in [-0.2, 0) is 16.4 Å². The zero-order valence-electron chi connectivity index (χ0n) is 13.3. The van der Waals surface area contributed by atoms with Crippen LogP contribution in [0.2, 0.25) is 0 Å². The van der Waals surface area contributed by atoms with Crippen LogP contribution in [0, 0.1) is 5.82 Å². The summed E-state index contributed by atoms with van der Waals surface area (Å²) in [4.78, 5) is 12.3. The van der Waals surface area contributed by atoms with Gasteiger partial charge in [-0.1, -0.05) is 0 Å². The Balaban J connectivity index is 1.86. The van der Waals surface area contributed by atoms with Crippen molar-refractivity contribution in [2.24, 2.45) is 0 Å². The van der Waals surface area contributed by atoms with Crippen LogP contribution in [0.4, 0.5) is 15.8 Å². The van der Waals surface area contributed by atoms with Gasteiger partial charge in [0.1, 0.15) is 5.82 Å². The van der Waals surface area contributed by atoms with Crippen LogP contribution in [0.15, 0.2) is 42.5 Å². The van der Waals surface area contributed by atoms with E-state index < -0.39 is 10.0 Å². The molecule has 0 saturated carbocycles. The van der Waals surface area contributed by atoms with E-state index in [0.29, 0.717) is 23.4 Å². The van der Waals surface area contributed by atoms with Gasteiger partial charge in [-0.25, -0.2) is 12.8 Å². The molecule has 24 heavy (non-hydrogen) atoms. The first-order valence-electron chi connectivity index (χ1n) is 7.45. The van der Waals surface area contributed by atoms with Gasteiger partial charge in [0, 0.05) is 17.3 Å². The number of hydrogen-bond acceptors (Lipinski definition) is 3. The lowest BCUT2D eigenvalue weighted by Crippen LogP contribution is -2.34. The maximum Gasteiger partial charge on any atom is 0.255 e. The maximum absolute atomic E-state index is 12.9. The number of sulfonamides is 1. The highest BCUT2D eigenvalue weighted by Gasteiger charge is 2.32. The Morgan fingerprint density at radius 1 is 1.21 bits per heavy atom. The van der Waals surface area contributed by atoms with Crippen molar-refractivity contribution < 1.29 is 17.6 Å². The number of hydrogen-bond donors (Lipinski definition) is 1. The number of rotatable bonds is 3. The number of benzene rings is 2. The van der Waals surface area contributed by atoms with Crippen molar-refractivity contribution >= 4 is 27.3 Å². The third-order valence-electron chi connectivity index (χ3n) is 3.95. The summed E-state index contributed by atoms with van der Waals surface area (Å²) in [5.41, 5.74) is 2.36. The van der Waals surface area contributed by atoms with Gasteiger partial charge in [0.05, 0.1) is 11.9 Å². The van der Waals surface area contributed by atoms with Gasteiger partial charge >= 0.3 is 0 Å². The number of anilines is 2. The Labute approximate surface area is 140 Å². The van der Waals surface area contributed by atoms with Crippen molar-refractivity contribution in [1.82, 2.24) is 0 Å². The van der Waals surface area contributed by atoms with E-state index in [4.69, 9.17) is 0 Å². The molecule has 1 aliphatic heterocycles. The van der Waals surface area contributed by atoms with Crippen LogP contribution in [0.5, 0.6) is 0 Å². The minimum Gasteiger partial charge on any atom is -0.322 e. The first-order chi connectivity index (χ1) is 11.3. The molecule has 1 atom stereocenters. The predicted octanol–water partition coefficient (Wildman–Crippen LogP) is 2.79. The third-order valence-corrected chi connectivity index (χ3v) is 5.23. The highest BCUT2D eigenvalue weighted by Crippen LogP contribution is 2.34. The van der Waals surface area contributed by atoms with Gasteiger partial charge in [-0.3, -0.25) is 9.10 Å². The largest absolute Gasteiger partial charge is 0.322 e. The molecule has 2 aromatic carbocycles. The fourth-order valence-electron chi connectivity index (χ4n) is 2.99. The monoisotopic (exact) mass is 348 g/mol. The average Bonchev–Trinajstić information content (AvgIpc) is 2.84. The minimum atomic E-state index is -3.35. The highest BCUT2D eigenvalue weighted by molar-refractivity contribution is 7.92. The minimum absolute atomic E-state index is 0.176. The first kappa shape index (κ1) is 16.4. The summed E-state index contributed by atoms with van der Waals surface area (Å²) in [5, 5.41) is 2.69. The maximum atomic E-state index is 12.9. The summed E-state index contributed by atoms with van der Waals surface area (Å²) in [5.74, 6) is -0.699. The fourth-order valence-corrected chi connectivity index (χ4v) is 4.25. The van der Waals surface area contributed by atoms with Crippen LogP contribution in [0.1, 0.15) is 22.8 Å². The van der Waals surface area contributed by atoms with Crippen molar-refractivity contribution in [3.05, 3.63) is 59.4 Å². The van der Waals surface area contributed by atoms with Crippen LogP contribution in [0.3, 0.4) is 0 Å². The van der Waals surface area contributed by atoms with Gasteiger partial charge in [-0.15, -0.1) is 0 Å². The first-order valence-corrected chi connectivity index (χ1v) is 9.30. The van der Waals surface area contributed by atoms with Crippen molar-refractivity contribution in [2.75, 3.05) is 15.9 Å². The van der Waals surface area contributed by atoms with E-state index in [1.54, 1.807) is 18.2 Å². The molecule has 0 bridgehead atoms.